The smallest absolute Gasteiger partial charge is 0.261 e. The zero-order valence-corrected chi connectivity index (χ0v) is 12.2. The summed E-state index contributed by atoms with van der Waals surface area (Å²) < 4.78 is 53.9. The van der Waals surface area contributed by atoms with Gasteiger partial charge in [0, 0.05) is 23.8 Å². The second-order valence-corrected chi connectivity index (χ2v) is 6.60. The third-order valence-corrected chi connectivity index (χ3v) is 3.66. The predicted molar refractivity (Wildman–Crippen MR) is 68.2 cm³/mol. The monoisotopic (exact) mass is 327 g/mol. The van der Waals surface area contributed by atoms with E-state index >= 15 is 0 Å². The van der Waals surface area contributed by atoms with Gasteiger partial charge < -0.3 is 10.1 Å². The molecule has 1 aromatic carbocycles. The van der Waals surface area contributed by atoms with Gasteiger partial charge in [-0.25, -0.2) is 17.2 Å². The maximum atomic E-state index is 13.6. The lowest BCUT2D eigenvalue weighted by Gasteiger charge is -2.13. The molecule has 0 aliphatic carbocycles. The predicted octanol–water partition coefficient (Wildman–Crippen LogP) is 1.66. The van der Waals surface area contributed by atoms with Gasteiger partial charge in [-0.1, -0.05) is 0 Å². The summed E-state index contributed by atoms with van der Waals surface area (Å²) in [5, 5.41) is 2.34. The van der Waals surface area contributed by atoms with E-state index in [0.29, 0.717) is 12.1 Å². The van der Waals surface area contributed by atoms with Crippen LogP contribution in [0.15, 0.2) is 17.0 Å². The molecule has 1 aromatic rings. The van der Waals surface area contributed by atoms with Crippen LogP contribution in [0.4, 0.5) is 8.78 Å². The standard InChI is InChI=1S/C11H12ClF2NO4S/c1-6(5-19-2)15-11(16)8-3-7(20(12,17)18)4-9(13)10(8)14/h3-4,6H,5H2,1-2H3,(H,15,16). The summed E-state index contributed by atoms with van der Waals surface area (Å²) in [6.07, 6.45) is 0. The highest BCUT2D eigenvalue weighted by molar-refractivity contribution is 8.13. The number of hydrogen-bond donors (Lipinski definition) is 1. The van der Waals surface area contributed by atoms with Crippen LogP contribution in [0.1, 0.15) is 17.3 Å². The Morgan fingerprint density at radius 3 is 2.55 bits per heavy atom. The summed E-state index contributed by atoms with van der Waals surface area (Å²) >= 11 is 0. The van der Waals surface area contributed by atoms with Gasteiger partial charge >= 0.3 is 0 Å². The number of methoxy groups -OCH3 is 1. The van der Waals surface area contributed by atoms with Gasteiger partial charge in [0.1, 0.15) is 0 Å². The molecule has 9 heteroatoms. The van der Waals surface area contributed by atoms with Gasteiger partial charge in [0.2, 0.25) is 0 Å². The molecule has 1 N–H and O–H groups in total. The van der Waals surface area contributed by atoms with Crippen molar-refractivity contribution in [3.05, 3.63) is 29.3 Å². The van der Waals surface area contributed by atoms with Crippen molar-refractivity contribution in [3.8, 4) is 0 Å². The van der Waals surface area contributed by atoms with E-state index in [4.69, 9.17) is 15.4 Å². The van der Waals surface area contributed by atoms with Gasteiger partial charge in [-0.2, -0.15) is 0 Å². The van der Waals surface area contributed by atoms with Crippen molar-refractivity contribution in [2.24, 2.45) is 0 Å². The summed E-state index contributed by atoms with van der Waals surface area (Å²) in [5.74, 6) is -3.89. The van der Waals surface area contributed by atoms with Crippen molar-refractivity contribution in [1.29, 1.82) is 0 Å². The van der Waals surface area contributed by atoms with Gasteiger partial charge in [0.25, 0.3) is 15.0 Å². The van der Waals surface area contributed by atoms with Crippen LogP contribution >= 0.6 is 10.7 Å². The van der Waals surface area contributed by atoms with Crippen molar-refractivity contribution >= 4 is 25.6 Å². The summed E-state index contributed by atoms with van der Waals surface area (Å²) in [5.41, 5.74) is -0.743. The molecular weight excluding hydrogens is 316 g/mol. The maximum Gasteiger partial charge on any atom is 0.261 e. The largest absolute Gasteiger partial charge is 0.383 e. The average molecular weight is 328 g/mol. The summed E-state index contributed by atoms with van der Waals surface area (Å²) in [7, 11) is 2.18. The summed E-state index contributed by atoms with van der Waals surface area (Å²) in [4.78, 5) is 11.1. The normalized spacial score (nSPS) is 13.1. The van der Waals surface area contributed by atoms with Crippen molar-refractivity contribution in [3.63, 3.8) is 0 Å². The third kappa shape index (κ3) is 4.12. The zero-order chi connectivity index (χ0) is 15.5. The molecule has 0 spiro atoms. The average Bonchev–Trinajstić information content (AvgIpc) is 2.31. The van der Waals surface area contributed by atoms with E-state index in [-0.39, 0.29) is 6.61 Å². The number of amides is 1. The number of halogens is 3. The molecule has 1 unspecified atom stereocenters. The van der Waals surface area contributed by atoms with Gasteiger partial charge in [-0.3, -0.25) is 4.79 Å². The van der Waals surface area contributed by atoms with Gasteiger partial charge in [0.15, 0.2) is 11.6 Å². The quantitative estimate of drug-likeness (QED) is 0.835. The molecular formula is C11H12ClF2NO4S. The van der Waals surface area contributed by atoms with E-state index < -0.39 is 43.1 Å². The van der Waals surface area contributed by atoms with E-state index in [0.717, 1.165) is 0 Å². The SMILES string of the molecule is COCC(C)NC(=O)c1cc(S(=O)(=O)Cl)cc(F)c1F. The van der Waals surface area contributed by atoms with Gasteiger partial charge in [0.05, 0.1) is 17.1 Å². The molecule has 0 heterocycles. The number of nitrogens with one attached hydrogen (secondary N) is 1. The highest BCUT2D eigenvalue weighted by atomic mass is 35.7. The number of carbonyl (C=O) groups excluding carboxylic acids is 1. The van der Waals surface area contributed by atoms with Crippen LogP contribution in [0.2, 0.25) is 0 Å². The van der Waals surface area contributed by atoms with Crippen molar-refractivity contribution < 1.29 is 26.7 Å². The fourth-order valence-electron chi connectivity index (χ4n) is 1.46. The Morgan fingerprint density at radius 1 is 1.45 bits per heavy atom. The van der Waals surface area contributed by atoms with Crippen LogP contribution in [0, 0.1) is 11.6 Å². The van der Waals surface area contributed by atoms with Crippen LogP contribution in [-0.4, -0.2) is 34.1 Å². The fourth-order valence-corrected chi connectivity index (χ4v) is 2.23. The number of benzene rings is 1. The van der Waals surface area contributed by atoms with Crippen molar-refractivity contribution in [1.82, 2.24) is 5.32 Å². The molecule has 0 radical (unpaired) electrons. The molecule has 0 aromatic heterocycles. The summed E-state index contributed by atoms with van der Waals surface area (Å²) in [6.45, 7) is 1.74. The van der Waals surface area contributed by atoms with Gasteiger partial charge in [-0.15, -0.1) is 0 Å². The Labute approximate surface area is 119 Å². The highest BCUT2D eigenvalue weighted by Crippen LogP contribution is 2.21. The number of rotatable bonds is 5. The van der Waals surface area contributed by atoms with Crippen molar-refractivity contribution in [2.45, 2.75) is 17.9 Å². The maximum absolute atomic E-state index is 13.6. The molecule has 0 saturated carbocycles. The molecule has 0 aliphatic heterocycles. The second kappa shape index (κ2) is 6.47. The molecule has 1 rings (SSSR count). The molecule has 0 fully saturated rings. The lowest BCUT2D eigenvalue weighted by atomic mass is 10.2. The first-order valence-corrected chi connectivity index (χ1v) is 7.71. The Kier molecular flexibility index (Phi) is 5.43. The lowest BCUT2D eigenvalue weighted by Crippen LogP contribution is -2.36. The third-order valence-electron chi connectivity index (χ3n) is 2.32. The number of ether oxygens (including phenoxy) is 1. The Hall–Kier alpha value is -1.25. The first-order valence-electron chi connectivity index (χ1n) is 5.40. The first kappa shape index (κ1) is 16.8. The molecule has 20 heavy (non-hydrogen) atoms. The fraction of sp³-hybridized carbons (Fsp3) is 0.364. The Balaban J connectivity index is 3.17. The van der Waals surface area contributed by atoms with E-state index in [9.17, 15) is 22.0 Å². The van der Waals surface area contributed by atoms with E-state index in [1.807, 2.05) is 0 Å². The second-order valence-electron chi connectivity index (χ2n) is 4.03. The lowest BCUT2D eigenvalue weighted by molar-refractivity contribution is 0.0900. The van der Waals surface area contributed by atoms with Crippen LogP contribution in [-0.2, 0) is 13.8 Å². The zero-order valence-electron chi connectivity index (χ0n) is 10.6. The van der Waals surface area contributed by atoms with Crippen molar-refractivity contribution in [2.75, 3.05) is 13.7 Å². The minimum absolute atomic E-state index is 0.156. The van der Waals surface area contributed by atoms with Crippen LogP contribution < -0.4 is 5.32 Å². The molecule has 0 saturated heterocycles. The number of hydrogen-bond acceptors (Lipinski definition) is 4. The molecule has 1 amide bonds. The Bertz CT molecular complexity index is 621. The van der Waals surface area contributed by atoms with E-state index in [1.165, 1.54) is 7.11 Å². The Morgan fingerprint density at radius 2 is 2.05 bits per heavy atom. The first-order chi connectivity index (χ1) is 9.16. The van der Waals surface area contributed by atoms with E-state index in [2.05, 4.69) is 5.32 Å². The molecule has 5 nitrogen and oxygen atoms in total. The van der Waals surface area contributed by atoms with E-state index in [1.54, 1.807) is 6.92 Å². The highest BCUT2D eigenvalue weighted by Gasteiger charge is 2.22. The minimum atomic E-state index is -4.28. The molecule has 1 atom stereocenters. The number of carbonyl (C=O) groups is 1. The molecule has 0 aliphatic rings. The topological polar surface area (TPSA) is 72.5 Å². The van der Waals surface area contributed by atoms with Crippen LogP contribution in [0.5, 0.6) is 0 Å². The minimum Gasteiger partial charge on any atom is -0.383 e. The molecule has 0 bridgehead atoms. The summed E-state index contributed by atoms with van der Waals surface area (Å²) in [6, 6.07) is 0.619. The van der Waals surface area contributed by atoms with Gasteiger partial charge in [-0.05, 0) is 19.1 Å². The molecule has 112 valence electrons. The van der Waals surface area contributed by atoms with Crippen LogP contribution in [0.25, 0.3) is 0 Å². The van der Waals surface area contributed by atoms with Crippen LogP contribution in [0.3, 0.4) is 0 Å².